The van der Waals surface area contributed by atoms with Crippen molar-refractivity contribution < 1.29 is 19.2 Å². The summed E-state index contributed by atoms with van der Waals surface area (Å²) >= 11 is 0. The van der Waals surface area contributed by atoms with E-state index in [0.29, 0.717) is 11.3 Å². The predicted octanol–water partition coefficient (Wildman–Crippen LogP) is 1.16. The Labute approximate surface area is 134 Å². The van der Waals surface area contributed by atoms with Crippen molar-refractivity contribution in [2.45, 2.75) is 32.7 Å². The van der Waals surface area contributed by atoms with Gasteiger partial charge in [0.05, 0.1) is 12.0 Å². The number of hydrogen-bond acceptors (Lipinski definition) is 5. The van der Waals surface area contributed by atoms with Crippen molar-refractivity contribution in [3.8, 4) is 5.75 Å². The molecule has 0 radical (unpaired) electrons. The van der Waals surface area contributed by atoms with Gasteiger partial charge in [0, 0.05) is 30.5 Å². The third-order valence-corrected chi connectivity index (χ3v) is 3.17. The van der Waals surface area contributed by atoms with Crippen LogP contribution in [0.15, 0.2) is 18.2 Å². The summed E-state index contributed by atoms with van der Waals surface area (Å²) in [5.74, 6) is -0.486. The van der Waals surface area contributed by atoms with Crippen LogP contribution >= 0.6 is 0 Å². The lowest BCUT2D eigenvalue weighted by atomic mass is 10.0. The van der Waals surface area contributed by atoms with E-state index in [1.807, 2.05) is 13.8 Å². The van der Waals surface area contributed by atoms with E-state index in [9.17, 15) is 19.7 Å². The average Bonchev–Trinajstić information content (AvgIpc) is 2.45. The van der Waals surface area contributed by atoms with Gasteiger partial charge in [-0.15, -0.1) is 0 Å². The molecular formula is C15H21N3O5. The number of nitro groups is 1. The second-order valence-corrected chi connectivity index (χ2v) is 5.58. The van der Waals surface area contributed by atoms with Gasteiger partial charge >= 0.3 is 0 Å². The molecule has 1 aromatic rings. The molecule has 8 heteroatoms. The number of nitrogens with zero attached hydrogens (tertiary/aromatic N) is 1. The van der Waals surface area contributed by atoms with Crippen LogP contribution < -0.4 is 15.8 Å². The molecule has 1 aromatic carbocycles. The molecule has 126 valence electrons. The van der Waals surface area contributed by atoms with E-state index in [0.717, 1.165) is 0 Å². The number of primary amides is 1. The van der Waals surface area contributed by atoms with E-state index in [-0.39, 0.29) is 30.4 Å². The minimum Gasteiger partial charge on any atom is -0.496 e. The molecule has 0 aromatic heterocycles. The highest BCUT2D eigenvalue weighted by atomic mass is 16.6. The molecule has 8 nitrogen and oxygen atoms in total. The van der Waals surface area contributed by atoms with Crippen LogP contribution in [-0.4, -0.2) is 29.9 Å². The number of hydrogen-bond donors (Lipinski definition) is 2. The highest BCUT2D eigenvalue weighted by Crippen LogP contribution is 2.25. The number of nitrogens with two attached hydrogens (primary N) is 1. The summed E-state index contributed by atoms with van der Waals surface area (Å²) in [6, 6.07) is 3.10. The summed E-state index contributed by atoms with van der Waals surface area (Å²) in [6.07, 6.45) is 0.278. The van der Waals surface area contributed by atoms with Crippen molar-refractivity contribution in [2.75, 3.05) is 7.11 Å². The molecule has 0 bridgehead atoms. The number of benzene rings is 1. The quantitative estimate of drug-likeness (QED) is 0.548. The summed E-state index contributed by atoms with van der Waals surface area (Å²) < 4.78 is 5.14. The Morgan fingerprint density at radius 2 is 2.04 bits per heavy atom. The van der Waals surface area contributed by atoms with Crippen LogP contribution in [0.2, 0.25) is 0 Å². The Kier molecular flexibility index (Phi) is 6.49. The van der Waals surface area contributed by atoms with Crippen molar-refractivity contribution in [1.29, 1.82) is 0 Å². The normalized spacial score (nSPS) is 11.8. The molecule has 0 fully saturated rings. The number of nitrogens with one attached hydrogen (secondary N) is 1. The van der Waals surface area contributed by atoms with Crippen molar-refractivity contribution >= 4 is 17.5 Å². The van der Waals surface area contributed by atoms with Gasteiger partial charge in [-0.25, -0.2) is 0 Å². The van der Waals surface area contributed by atoms with Crippen LogP contribution in [0, 0.1) is 16.0 Å². The first-order valence-electron chi connectivity index (χ1n) is 7.14. The van der Waals surface area contributed by atoms with E-state index in [4.69, 9.17) is 10.5 Å². The number of methoxy groups -OCH3 is 1. The van der Waals surface area contributed by atoms with E-state index < -0.39 is 16.9 Å². The number of carbonyl (C=O) groups is 2. The van der Waals surface area contributed by atoms with Gasteiger partial charge in [-0.1, -0.05) is 13.8 Å². The first kappa shape index (κ1) is 18.4. The molecule has 0 spiro atoms. The van der Waals surface area contributed by atoms with E-state index in [1.165, 1.54) is 25.3 Å². The van der Waals surface area contributed by atoms with Crippen molar-refractivity contribution in [3.63, 3.8) is 0 Å². The lowest BCUT2D eigenvalue weighted by Crippen LogP contribution is -2.46. The average molecular weight is 323 g/mol. The highest BCUT2D eigenvalue weighted by molar-refractivity contribution is 5.87. The monoisotopic (exact) mass is 323 g/mol. The van der Waals surface area contributed by atoms with Crippen molar-refractivity contribution in [2.24, 2.45) is 11.7 Å². The molecule has 0 unspecified atom stereocenters. The molecule has 0 aliphatic carbocycles. The van der Waals surface area contributed by atoms with Gasteiger partial charge in [-0.3, -0.25) is 19.7 Å². The Balaban J connectivity index is 2.99. The topological polar surface area (TPSA) is 125 Å². The van der Waals surface area contributed by atoms with E-state index >= 15 is 0 Å². The maximum absolute atomic E-state index is 11.8. The second kappa shape index (κ2) is 8.11. The smallest absolute Gasteiger partial charge is 0.269 e. The van der Waals surface area contributed by atoms with E-state index in [1.54, 1.807) is 0 Å². The van der Waals surface area contributed by atoms with Gasteiger partial charge in [-0.2, -0.15) is 0 Å². The first-order valence-corrected chi connectivity index (χ1v) is 7.14. The first-order chi connectivity index (χ1) is 10.7. The summed E-state index contributed by atoms with van der Waals surface area (Å²) in [7, 11) is 1.42. The van der Waals surface area contributed by atoms with E-state index in [2.05, 4.69) is 5.32 Å². The van der Waals surface area contributed by atoms with Crippen LogP contribution in [0.1, 0.15) is 25.8 Å². The van der Waals surface area contributed by atoms with Crippen LogP contribution in [0.4, 0.5) is 5.69 Å². The minimum atomic E-state index is -0.961. The fourth-order valence-electron chi connectivity index (χ4n) is 2.10. The molecule has 1 atom stereocenters. The van der Waals surface area contributed by atoms with Crippen LogP contribution in [0.3, 0.4) is 0 Å². The summed E-state index contributed by atoms with van der Waals surface area (Å²) in [6.45, 7) is 3.75. The minimum absolute atomic E-state index is 0.0179. The molecule has 0 saturated heterocycles. The summed E-state index contributed by atoms with van der Waals surface area (Å²) in [4.78, 5) is 33.7. The second-order valence-electron chi connectivity index (χ2n) is 5.58. The number of carbonyl (C=O) groups excluding carboxylic acids is 2. The molecular weight excluding hydrogens is 302 g/mol. The van der Waals surface area contributed by atoms with Gasteiger partial charge in [0.15, 0.2) is 0 Å². The summed E-state index contributed by atoms with van der Waals surface area (Å²) in [5.41, 5.74) is 5.62. The van der Waals surface area contributed by atoms with Crippen LogP contribution in [0.5, 0.6) is 5.75 Å². The number of ether oxygens (including phenoxy) is 1. The third-order valence-electron chi connectivity index (χ3n) is 3.17. The third kappa shape index (κ3) is 5.57. The number of rotatable bonds is 8. The lowest BCUT2D eigenvalue weighted by Gasteiger charge is -2.17. The van der Waals surface area contributed by atoms with Gasteiger partial charge in [0.1, 0.15) is 11.8 Å². The highest BCUT2D eigenvalue weighted by Gasteiger charge is 2.22. The zero-order chi connectivity index (χ0) is 17.6. The number of non-ortho nitro benzene ring substituents is 1. The summed E-state index contributed by atoms with van der Waals surface area (Å²) in [5, 5.41) is 13.4. The molecule has 0 aliphatic heterocycles. The lowest BCUT2D eigenvalue weighted by molar-refractivity contribution is -0.384. The molecule has 3 N–H and O–H groups in total. The van der Waals surface area contributed by atoms with Gasteiger partial charge in [0.25, 0.3) is 5.69 Å². The Morgan fingerprint density at radius 1 is 1.39 bits per heavy atom. The Hall–Kier alpha value is -2.64. The van der Waals surface area contributed by atoms with Crippen molar-refractivity contribution in [3.05, 3.63) is 33.9 Å². The van der Waals surface area contributed by atoms with Gasteiger partial charge in [-0.05, 0) is 12.0 Å². The largest absolute Gasteiger partial charge is 0.496 e. The van der Waals surface area contributed by atoms with Crippen LogP contribution in [0.25, 0.3) is 0 Å². The fraction of sp³-hybridized carbons (Fsp3) is 0.467. The molecule has 23 heavy (non-hydrogen) atoms. The zero-order valence-electron chi connectivity index (χ0n) is 13.4. The fourth-order valence-corrected chi connectivity index (χ4v) is 2.10. The molecule has 0 heterocycles. The molecule has 2 amide bonds. The van der Waals surface area contributed by atoms with Gasteiger partial charge < -0.3 is 15.8 Å². The van der Waals surface area contributed by atoms with Crippen molar-refractivity contribution in [1.82, 2.24) is 5.32 Å². The number of nitro benzene ring substituents is 1. The number of amides is 2. The maximum Gasteiger partial charge on any atom is 0.269 e. The molecule has 0 saturated carbocycles. The maximum atomic E-state index is 11.8. The molecule has 1 rings (SSSR count). The standard InChI is InChI=1S/C15H21N3O5/c1-9(2)6-14(19)17-12(15(16)20)8-10-7-11(18(21)22)4-5-13(10)23-3/h4-5,7,9,12H,6,8H2,1-3H3,(H2,16,20)(H,17,19)/t12-/m1/s1. The van der Waals surface area contributed by atoms with Gasteiger partial charge in [0.2, 0.25) is 11.8 Å². The predicted molar refractivity (Wildman–Crippen MR) is 83.9 cm³/mol. The Bertz CT molecular complexity index is 601. The SMILES string of the molecule is COc1ccc([N+](=O)[O-])cc1C[C@@H](NC(=O)CC(C)C)C(N)=O. The zero-order valence-corrected chi connectivity index (χ0v) is 13.4. The van der Waals surface area contributed by atoms with Crippen LogP contribution in [-0.2, 0) is 16.0 Å². The Morgan fingerprint density at radius 3 is 2.52 bits per heavy atom. The molecule has 0 aliphatic rings.